The van der Waals surface area contributed by atoms with Gasteiger partial charge in [0.15, 0.2) is 0 Å². The second kappa shape index (κ2) is 6.55. The molecule has 0 aliphatic heterocycles. The molecule has 0 aromatic heterocycles. The Hall–Kier alpha value is -1.44. The lowest BCUT2D eigenvalue weighted by atomic mass is 9.88. The molecule has 0 amide bonds. The molecule has 0 spiro atoms. The lowest BCUT2D eigenvalue weighted by Gasteiger charge is -2.27. The van der Waals surface area contributed by atoms with E-state index in [1.807, 2.05) is 20.8 Å². The van der Waals surface area contributed by atoms with E-state index in [-0.39, 0.29) is 28.5 Å². The highest BCUT2D eigenvalue weighted by molar-refractivity contribution is 7.89. The number of methoxy groups -OCH3 is 1. The van der Waals surface area contributed by atoms with E-state index in [1.165, 1.54) is 19.2 Å². The molecule has 0 unspecified atom stereocenters. The third-order valence-electron chi connectivity index (χ3n) is 3.19. The lowest BCUT2D eigenvalue weighted by Crippen LogP contribution is -2.45. The quantitative estimate of drug-likeness (QED) is 0.794. The Bertz CT molecular complexity index is 606. The Balaban J connectivity index is 3.02. The summed E-state index contributed by atoms with van der Waals surface area (Å²) >= 11 is 0. The molecular formula is C14H22N2O4S. The Morgan fingerprint density at radius 1 is 1.33 bits per heavy atom. The first kappa shape index (κ1) is 17.6. The number of hydrogen-bond donors (Lipinski definition) is 2. The van der Waals surface area contributed by atoms with Crippen LogP contribution in [0.4, 0.5) is 0 Å². The van der Waals surface area contributed by atoms with Crippen molar-refractivity contribution in [3.63, 3.8) is 0 Å². The summed E-state index contributed by atoms with van der Waals surface area (Å²) in [4.78, 5) is 11.5. The van der Waals surface area contributed by atoms with Gasteiger partial charge in [0.1, 0.15) is 0 Å². The number of sulfonamides is 1. The number of carbonyl (C=O) groups is 1. The number of carbonyl (C=O) groups excluding carboxylic acids is 1. The summed E-state index contributed by atoms with van der Waals surface area (Å²) in [5.41, 5.74) is 5.71. The molecule has 0 saturated heterocycles. The first-order valence-electron chi connectivity index (χ1n) is 6.52. The first-order chi connectivity index (χ1) is 9.59. The summed E-state index contributed by atoms with van der Waals surface area (Å²) in [6, 6.07) is 5.54. The molecule has 1 atom stereocenters. The molecule has 1 rings (SSSR count). The van der Waals surface area contributed by atoms with Crippen molar-refractivity contribution < 1.29 is 17.9 Å². The second-order valence-electron chi connectivity index (χ2n) is 5.81. The zero-order chi connectivity index (χ0) is 16.3. The average molecular weight is 314 g/mol. The summed E-state index contributed by atoms with van der Waals surface area (Å²) in [6.45, 7) is 5.86. The molecule has 0 aliphatic carbocycles. The van der Waals surface area contributed by atoms with Crippen molar-refractivity contribution in [1.29, 1.82) is 0 Å². The number of nitrogens with two attached hydrogens (primary N) is 1. The van der Waals surface area contributed by atoms with Gasteiger partial charge in [-0.05, 0) is 17.5 Å². The lowest BCUT2D eigenvalue weighted by molar-refractivity contribution is 0.0596. The molecule has 1 aromatic carbocycles. The number of hydrogen-bond acceptors (Lipinski definition) is 5. The molecule has 0 aliphatic rings. The number of rotatable bonds is 5. The standard InChI is InChI=1S/C14H22N2O4S/c1-14(2,3)12(15)9-16-21(18,19)11-8-6-5-7-10(11)13(17)20-4/h5-8,12,16H,9,15H2,1-4H3/t12-/m1/s1. The maximum Gasteiger partial charge on any atom is 0.339 e. The maximum atomic E-state index is 12.3. The summed E-state index contributed by atoms with van der Waals surface area (Å²) in [6.07, 6.45) is 0. The highest BCUT2D eigenvalue weighted by atomic mass is 32.2. The molecule has 1 aromatic rings. The average Bonchev–Trinajstić information content (AvgIpc) is 2.42. The first-order valence-corrected chi connectivity index (χ1v) is 8.00. The Kier molecular flexibility index (Phi) is 5.49. The van der Waals surface area contributed by atoms with Gasteiger partial charge < -0.3 is 10.5 Å². The monoisotopic (exact) mass is 314 g/mol. The summed E-state index contributed by atoms with van der Waals surface area (Å²) in [5, 5.41) is 0. The fourth-order valence-corrected chi connectivity index (χ4v) is 2.82. The van der Waals surface area contributed by atoms with E-state index in [4.69, 9.17) is 5.73 Å². The van der Waals surface area contributed by atoms with Gasteiger partial charge in [0, 0.05) is 12.6 Å². The summed E-state index contributed by atoms with van der Waals surface area (Å²) in [7, 11) is -2.63. The Morgan fingerprint density at radius 2 is 1.90 bits per heavy atom. The van der Waals surface area contributed by atoms with Crippen LogP contribution in [-0.4, -0.2) is 34.1 Å². The van der Waals surface area contributed by atoms with Crippen molar-refractivity contribution >= 4 is 16.0 Å². The van der Waals surface area contributed by atoms with Crippen LogP contribution in [0.5, 0.6) is 0 Å². The molecule has 21 heavy (non-hydrogen) atoms. The minimum absolute atomic E-state index is 0.00294. The number of benzene rings is 1. The molecular weight excluding hydrogens is 292 g/mol. The SMILES string of the molecule is COC(=O)c1ccccc1S(=O)(=O)NC[C@@H](N)C(C)(C)C. The number of nitrogens with one attached hydrogen (secondary N) is 1. The van der Waals surface area contributed by atoms with Gasteiger partial charge >= 0.3 is 5.97 Å². The van der Waals surface area contributed by atoms with E-state index < -0.39 is 16.0 Å². The Labute approximate surface area is 125 Å². The zero-order valence-corrected chi connectivity index (χ0v) is 13.5. The van der Waals surface area contributed by atoms with E-state index in [2.05, 4.69) is 9.46 Å². The van der Waals surface area contributed by atoms with Crippen LogP contribution >= 0.6 is 0 Å². The van der Waals surface area contributed by atoms with Gasteiger partial charge in [-0.3, -0.25) is 0 Å². The van der Waals surface area contributed by atoms with Gasteiger partial charge in [-0.15, -0.1) is 0 Å². The summed E-state index contributed by atoms with van der Waals surface area (Å²) in [5.74, 6) is -0.698. The van der Waals surface area contributed by atoms with Gasteiger partial charge in [0.25, 0.3) is 0 Å². The van der Waals surface area contributed by atoms with Crippen molar-refractivity contribution in [1.82, 2.24) is 4.72 Å². The van der Waals surface area contributed by atoms with Crippen LogP contribution in [-0.2, 0) is 14.8 Å². The van der Waals surface area contributed by atoms with Crippen molar-refractivity contribution in [2.45, 2.75) is 31.7 Å². The van der Waals surface area contributed by atoms with Crippen LogP contribution in [0.1, 0.15) is 31.1 Å². The van der Waals surface area contributed by atoms with Gasteiger partial charge in [-0.1, -0.05) is 32.9 Å². The fourth-order valence-electron chi connectivity index (χ4n) is 1.56. The van der Waals surface area contributed by atoms with Crippen molar-refractivity contribution in [2.75, 3.05) is 13.7 Å². The smallest absolute Gasteiger partial charge is 0.339 e. The highest BCUT2D eigenvalue weighted by Gasteiger charge is 2.26. The van der Waals surface area contributed by atoms with Crippen LogP contribution in [0, 0.1) is 5.41 Å². The minimum Gasteiger partial charge on any atom is -0.465 e. The van der Waals surface area contributed by atoms with Gasteiger partial charge in [-0.25, -0.2) is 17.9 Å². The van der Waals surface area contributed by atoms with Crippen LogP contribution in [0.25, 0.3) is 0 Å². The largest absolute Gasteiger partial charge is 0.465 e. The van der Waals surface area contributed by atoms with E-state index in [0.717, 1.165) is 0 Å². The van der Waals surface area contributed by atoms with Crippen molar-refractivity contribution in [2.24, 2.45) is 11.1 Å². The van der Waals surface area contributed by atoms with Crippen LogP contribution in [0.3, 0.4) is 0 Å². The van der Waals surface area contributed by atoms with Crippen LogP contribution in [0.2, 0.25) is 0 Å². The molecule has 6 nitrogen and oxygen atoms in total. The molecule has 0 bridgehead atoms. The number of esters is 1. The van der Waals surface area contributed by atoms with Crippen molar-refractivity contribution in [3.05, 3.63) is 29.8 Å². The third kappa shape index (κ3) is 4.52. The van der Waals surface area contributed by atoms with Gasteiger partial charge in [-0.2, -0.15) is 0 Å². The topological polar surface area (TPSA) is 98.5 Å². The minimum atomic E-state index is -3.83. The molecule has 7 heteroatoms. The molecule has 0 saturated carbocycles. The van der Waals surface area contributed by atoms with Crippen LogP contribution < -0.4 is 10.5 Å². The fraction of sp³-hybridized carbons (Fsp3) is 0.500. The van der Waals surface area contributed by atoms with E-state index in [1.54, 1.807) is 12.1 Å². The van der Waals surface area contributed by atoms with Gasteiger partial charge in [0.05, 0.1) is 17.6 Å². The van der Waals surface area contributed by atoms with E-state index in [9.17, 15) is 13.2 Å². The normalized spacial score (nSPS) is 13.8. The predicted molar refractivity (Wildman–Crippen MR) is 80.4 cm³/mol. The molecule has 3 N–H and O–H groups in total. The molecule has 0 radical (unpaired) electrons. The predicted octanol–water partition coefficient (Wildman–Crippen LogP) is 1.12. The molecule has 0 heterocycles. The van der Waals surface area contributed by atoms with Crippen molar-refractivity contribution in [3.8, 4) is 0 Å². The molecule has 118 valence electrons. The zero-order valence-electron chi connectivity index (χ0n) is 12.7. The number of ether oxygens (including phenoxy) is 1. The molecule has 0 fully saturated rings. The van der Waals surface area contributed by atoms with E-state index >= 15 is 0 Å². The second-order valence-corrected chi connectivity index (χ2v) is 7.55. The van der Waals surface area contributed by atoms with E-state index in [0.29, 0.717) is 0 Å². The van der Waals surface area contributed by atoms with Gasteiger partial charge in [0.2, 0.25) is 10.0 Å². The third-order valence-corrected chi connectivity index (χ3v) is 4.67. The Morgan fingerprint density at radius 3 is 2.43 bits per heavy atom. The maximum absolute atomic E-state index is 12.3. The van der Waals surface area contributed by atoms with Crippen LogP contribution in [0.15, 0.2) is 29.2 Å². The highest BCUT2D eigenvalue weighted by Crippen LogP contribution is 2.19. The summed E-state index contributed by atoms with van der Waals surface area (Å²) < 4.78 is 31.7.